The van der Waals surface area contributed by atoms with Crippen LogP contribution >= 0.6 is 0 Å². The van der Waals surface area contributed by atoms with Crippen molar-refractivity contribution in [3.05, 3.63) is 36.5 Å². The average molecular weight is 310 g/mol. The van der Waals surface area contributed by atoms with Gasteiger partial charge < -0.3 is 14.2 Å². The van der Waals surface area contributed by atoms with E-state index in [0.29, 0.717) is 19.3 Å². The standard InChI is InChI=1S/C16H22O6/c1-4-7-10-13(17)20-16(21-14(18)11-8-5-2)22-15(19)12-9-6-3/h7-12,16H,4-6H2,1-3H3. The van der Waals surface area contributed by atoms with Gasteiger partial charge in [0.15, 0.2) is 0 Å². The highest BCUT2D eigenvalue weighted by Gasteiger charge is 2.20. The van der Waals surface area contributed by atoms with Gasteiger partial charge >= 0.3 is 24.4 Å². The number of hydrogen-bond donors (Lipinski definition) is 0. The first kappa shape index (κ1) is 19.6. The first-order valence-corrected chi connectivity index (χ1v) is 7.14. The second-order valence-corrected chi connectivity index (χ2v) is 4.03. The quantitative estimate of drug-likeness (QED) is 0.370. The number of allylic oxidation sites excluding steroid dienone is 3. The van der Waals surface area contributed by atoms with Gasteiger partial charge in [-0.2, -0.15) is 0 Å². The Balaban J connectivity index is 4.74. The number of ether oxygens (including phenoxy) is 3. The molecule has 22 heavy (non-hydrogen) atoms. The third-order valence-corrected chi connectivity index (χ3v) is 2.11. The largest absolute Gasteiger partial charge is 0.413 e. The molecule has 0 aliphatic heterocycles. The Kier molecular flexibility index (Phi) is 11.0. The summed E-state index contributed by atoms with van der Waals surface area (Å²) in [5.74, 6) is -2.32. The monoisotopic (exact) mass is 310 g/mol. The van der Waals surface area contributed by atoms with Gasteiger partial charge in [-0.15, -0.1) is 0 Å². The van der Waals surface area contributed by atoms with E-state index >= 15 is 0 Å². The van der Waals surface area contributed by atoms with Crippen molar-refractivity contribution in [3.8, 4) is 0 Å². The first-order valence-electron chi connectivity index (χ1n) is 7.14. The third kappa shape index (κ3) is 10.4. The summed E-state index contributed by atoms with van der Waals surface area (Å²) in [6, 6.07) is 0. The number of rotatable bonds is 9. The highest BCUT2D eigenvalue weighted by atomic mass is 16.9. The Morgan fingerprint density at radius 1 is 0.682 bits per heavy atom. The molecule has 0 unspecified atom stereocenters. The fourth-order valence-electron chi connectivity index (χ4n) is 1.12. The fourth-order valence-corrected chi connectivity index (χ4v) is 1.12. The van der Waals surface area contributed by atoms with Crippen molar-refractivity contribution >= 4 is 17.9 Å². The maximum Gasteiger partial charge on any atom is 0.413 e. The molecular weight excluding hydrogens is 288 g/mol. The number of esters is 3. The molecule has 6 nitrogen and oxygen atoms in total. The van der Waals surface area contributed by atoms with Crippen LogP contribution in [0.3, 0.4) is 0 Å². The molecule has 122 valence electrons. The van der Waals surface area contributed by atoms with Crippen molar-refractivity contribution in [3.63, 3.8) is 0 Å². The van der Waals surface area contributed by atoms with Crippen molar-refractivity contribution < 1.29 is 28.6 Å². The Morgan fingerprint density at radius 2 is 0.955 bits per heavy atom. The molecule has 0 rings (SSSR count). The van der Waals surface area contributed by atoms with E-state index in [2.05, 4.69) is 0 Å². The van der Waals surface area contributed by atoms with Crippen molar-refractivity contribution in [2.45, 2.75) is 46.5 Å². The van der Waals surface area contributed by atoms with Crippen LogP contribution in [0.5, 0.6) is 0 Å². The zero-order valence-electron chi connectivity index (χ0n) is 13.1. The van der Waals surface area contributed by atoms with Gasteiger partial charge in [-0.1, -0.05) is 39.0 Å². The molecule has 0 spiro atoms. The average Bonchev–Trinajstić information content (AvgIpc) is 2.48. The van der Waals surface area contributed by atoms with Crippen molar-refractivity contribution in [1.29, 1.82) is 0 Å². The number of carbonyl (C=O) groups excluding carboxylic acids is 3. The lowest BCUT2D eigenvalue weighted by atomic mass is 10.4. The minimum absolute atomic E-state index is 0.637. The SMILES string of the molecule is CCC=CC(=O)OC(OC(=O)C=CCC)OC(=O)C=CCC. The molecule has 0 radical (unpaired) electrons. The normalized spacial score (nSPS) is 12.7. The van der Waals surface area contributed by atoms with Gasteiger partial charge in [0.05, 0.1) is 0 Å². The van der Waals surface area contributed by atoms with Crippen LogP contribution < -0.4 is 0 Å². The van der Waals surface area contributed by atoms with Crippen LogP contribution in [-0.4, -0.2) is 24.4 Å². The van der Waals surface area contributed by atoms with E-state index in [-0.39, 0.29) is 0 Å². The third-order valence-electron chi connectivity index (χ3n) is 2.11. The maximum atomic E-state index is 11.5. The molecule has 0 aromatic rings. The molecule has 0 fully saturated rings. The van der Waals surface area contributed by atoms with E-state index in [1.165, 1.54) is 18.2 Å². The van der Waals surface area contributed by atoms with Gasteiger partial charge in [-0.25, -0.2) is 14.4 Å². The van der Waals surface area contributed by atoms with Crippen LogP contribution in [0, 0.1) is 0 Å². The highest BCUT2D eigenvalue weighted by Crippen LogP contribution is 2.03. The Hall–Kier alpha value is -2.37. The molecule has 0 aromatic heterocycles. The molecule has 0 saturated carbocycles. The van der Waals surface area contributed by atoms with Crippen LogP contribution in [-0.2, 0) is 28.6 Å². The molecular formula is C16H22O6. The van der Waals surface area contributed by atoms with E-state index in [1.807, 2.05) is 20.8 Å². The van der Waals surface area contributed by atoms with Crippen LogP contribution in [0.15, 0.2) is 36.5 Å². The van der Waals surface area contributed by atoms with E-state index in [0.717, 1.165) is 0 Å². The highest BCUT2D eigenvalue weighted by molar-refractivity contribution is 5.85. The second-order valence-electron chi connectivity index (χ2n) is 4.03. The zero-order chi connectivity index (χ0) is 16.8. The maximum absolute atomic E-state index is 11.5. The van der Waals surface area contributed by atoms with E-state index in [9.17, 15) is 14.4 Å². The molecule has 0 saturated heterocycles. The predicted octanol–water partition coefficient (Wildman–Crippen LogP) is 2.80. The van der Waals surface area contributed by atoms with E-state index < -0.39 is 24.4 Å². The minimum Gasteiger partial charge on any atom is -0.387 e. The predicted molar refractivity (Wildman–Crippen MR) is 80.4 cm³/mol. The van der Waals surface area contributed by atoms with Crippen LogP contribution in [0.2, 0.25) is 0 Å². The summed E-state index contributed by atoms with van der Waals surface area (Å²) in [7, 11) is 0. The molecule has 0 atom stereocenters. The fraction of sp³-hybridized carbons (Fsp3) is 0.438. The molecule has 0 heterocycles. The van der Waals surface area contributed by atoms with Gasteiger partial charge in [-0.3, -0.25) is 0 Å². The molecule has 0 bridgehead atoms. The lowest BCUT2D eigenvalue weighted by Gasteiger charge is -2.15. The van der Waals surface area contributed by atoms with Crippen LogP contribution in [0.1, 0.15) is 40.0 Å². The van der Waals surface area contributed by atoms with Crippen LogP contribution in [0.4, 0.5) is 0 Å². The lowest BCUT2D eigenvalue weighted by Crippen LogP contribution is -2.28. The van der Waals surface area contributed by atoms with Gasteiger partial charge in [0.25, 0.3) is 0 Å². The van der Waals surface area contributed by atoms with Crippen molar-refractivity contribution in [1.82, 2.24) is 0 Å². The smallest absolute Gasteiger partial charge is 0.387 e. The van der Waals surface area contributed by atoms with Crippen molar-refractivity contribution in [2.75, 3.05) is 0 Å². The zero-order valence-corrected chi connectivity index (χ0v) is 13.1. The Bertz CT molecular complexity index is 381. The molecule has 0 N–H and O–H groups in total. The topological polar surface area (TPSA) is 78.9 Å². The summed E-state index contributed by atoms with van der Waals surface area (Å²) in [4.78, 5) is 34.4. The molecule has 0 aliphatic rings. The Morgan fingerprint density at radius 3 is 1.18 bits per heavy atom. The Labute approximate surface area is 130 Å². The number of carbonyl (C=O) groups is 3. The first-order chi connectivity index (χ1) is 10.5. The minimum atomic E-state index is -1.72. The molecule has 0 aliphatic carbocycles. The van der Waals surface area contributed by atoms with E-state index in [4.69, 9.17) is 14.2 Å². The summed E-state index contributed by atoms with van der Waals surface area (Å²) < 4.78 is 14.3. The molecule has 0 amide bonds. The van der Waals surface area contributed by atoms with Gasteiger partial charge in [0, 0.05) is 18.2 Å². The summed E-state index contributed by atoms with van der Waals surface area (Å²) in [6.45, 7) is 3.79. The summed E-state index contributed by atoms with van der Waals surface area (Å²) in [5, 5.41) is 0. The lowest BCUT2D eigenvalue weighted by molar-refractivity contribution is -0.250. The number of hydrogen-bond acceptors (Lipinski definition) is 6. The molecule has 0 aromatic carbocycles. The van der Waals surface area contributed by atoms with Gasteiger partial charge in [0.1, 0.15) is 0 Å². The van der Waals surface area contributed by atoms with Crippen LogP contribution in [0.25, 0.3) is 0 Å². The summed E-state index contributed by atoms with van der Waals surface area (Å²) in [6.07, 6.45) is 10.1. The molecule has 6 heteroatoms. The van der Waals surface area contributed by atoms with Gasteiger partial charge in [-0.05, 0) is 19.3 Å². The summed E-state index contributed by atoms with van der Waals surface area (Å²) >= 11 is 0. The van der Waals surface area contributed by atoms with Crippen molar-refractivity contribution in [2.24, 2.45) is 0 Å². The van der Waals surface area contributed by atoms with Gasteiger partial charge in [0.2, 0.25) is 0 Å². The summed E-state index contributed by atoms with van der Waals surface area (Å²) in [5.41, 5.74) is 0. The van der Waals surface area contributed by atoms with E-state index in [1.54, 1.807) is 18.2 Å². The second kappa shape index (κ2) is 12.4.